The molecule has 0 atom stereocenters. The van der Waals surface area contributed by atoms with Crippen LogP contribution in [-0.2, 0) is 0 Å². The first-order valence-electron chi connectivity index (χ1n) is 3.52. The lowest BCUT2D eigenvalue weighted by Crippen LogP contribution is -2.52. The number of hydrogen-bond acceptors (Lipinski definition) is 0. The van der Waals surface area contributed by atoms with Gasteiger partial charge < -0.3 is 0 Å². The zero-order chi connectivity index (χ0) is 15.2. The number of alkyl halides is 10. The van der Waals surface area contributed by atoms with Crippen molar-refractivity contribution in [2.75, 3.05) is 0 Å². The van der Waals surface area contributed by atoms with Gasteiger partial charge in [0, 0.05) is 0 Å². The molecule has 12 heteroatoms. The SMILES string of the molecule is FC(=C(Cl)C(F)(F)F)C(F)(F)C(F)(F)C(F)(F)F. The predicted octanol–water partition coefficient (Wildman–Crippen LogP) is 4.80. The summed E-state index contributed by atoms with van der Waals surface area (Å²) < 4.78 is 131. The molecular weight excluding hydrogens is 316 g/mol. The Kier molecular flexibility index (Phi) is 4.24. The van der Waals surface area contributed by atoms with Crippen molar-refractivity contribution in [3.05, 3.63) is 10.9 Å². The van der Waals surface area contributed by atoms with Crippen LogP contribution in [0, 0.1) is 0 Å². The van der Waals surface area contributed by atoms with Crippen LogP contribution in [0.4, 0.5) is 48.3 Å². The zero-order valence-corrected chi connectivity index (χ0v) is 8.29. The summed E-state index contributed by atoms with van der Waals surface area (Å²) in [5, 5.41) is -3.39. The molecule has 0 saturated heterocycles. The smallest absolute Gasteiger partial charge is 0.203 e. The van der Waals surface area contributed by atoms with E-state index in [0.29, 0.717) is 0 Å². The molecule has 108 valence electrons. The maximum absolute atomic E-state index is 12.4. The van der Waals surface area contributed by atoms with E-state index in [1.807, 2.05) is 0 Å². The van der Waals surface area contributed by atoms with Crippen LogP contribution in [0.15, 0.2) is 10.9 Å². The fourth-order valence-electron chi connectivity index (χ4n) is 0.578. The third-order valence-corrected chi connectivity index (χ3v) is 1.85. The van der Waals surface area contributed by atoms with Crippen LogP contribution in [0.3, 0.4) is 0 Å². The Balaban J connectivity index is 5.83. The van der Waals surface area contributed by atoms with Gasteiger partial charge in [-0.1, -0.05) is 11.6 Å². The molecule has 0 nitrogen and oxygen atoms in total. The Morgan fingerprint density at radius 3 is 1.28 bits per heavy atom. The first-order valence-corrected chi connectivity index (χ1v) is 3.90. The first-order chi connectivity index (χ1) is 7.57. The minimum atomic E-state index is -7.05. The molecule has 0 spiro atoms. The summed E-state index contributed by atoms with van der Waals surface area (Å²) in [7, 11) is 0. The summed E-state index contributed by atoms with van der Waals surface area (Å²) in [6.45, 7) is 0. The van der Waals surface area contributed by atoms with Gasteiger partial charge >= 0.3 is 24.2 Å². The highest BCUT2D eigenvalue weighted by Gasteiger charge is 2.76. The fraction of sp³-hybridized carbons (Fsp3) is 0.667. The van der Waals surface area contributed by atoms with Crippen molar-refractivity contribution in [1.29, 1.82) is 0 Å². The van der Waals surface area contributed by atoms with Gasteiger partial charge in [0.25, 0.3) is 0 Å². The monoisotopic (exact) mass is 316 g/mol. The molecule has 0 aromatic rings. The first kappa shape index (κ1) is 17.3. The van der Waals surface area contributed by atoms with Crippen molar-refractivity contribution < 1.29 is 48.3 Å². The minimum absolute atomic E-state index is 3.39. The van der Waals surface area contributed by atoms with E-state index in [0.717, 1.165) is 0 Å². The summed E-state index contributed by atoms with van der Waals surface area (Å²) >= 11 is 3.95. The van der Waals surface area contributed by atoms with E-state index in [1.54, 1.807) is 0 Å². The fourth-order valence-corrected chi connectivity index (χ4v) is 0.697. The lowest BCUT2D eigenvalue weighted by Gasteiger charge is -2.27. The average molecular weight is 316 g/mol. The van der Waals surface area contributed by atoms with Crippen molar-refractivity contribution in [3.63, 3.8) is 0 Å². The molecule has 0 heterocycles. The molecular formula is C6ClF11. The largest absolute Gasteiger partial charge is 0.460 e. The third kappa shape index (κ3) is 2.81. The molecule has 0 bridgehead atoms. The van der Waals surface area contributed by atoms with E-state index in [1.165, 1.54) is 0 Å². The van der Waals surface area contributed by atoms with Gasteiger partial charge in [0.1, 0.15) is 0 Å². The van der Waals surface area contributed by atoms with Crippen molar-refractivity contribution in [3.8, 4) is 0 Å². The van der Waals surface area contributed by atoms with Crippen LogP contribution in [0.1, 0.15) is 0 Å². The third-order valence-electron chi connectivity index (χ3n) is 1.47. The Hall–Kier alpha value is -0.740. The highest BCUT2D eigenvalue weighted by atomic mass is 35.5. The van der Waals surface area contributed by atoms with E-state index in [4.69, 9.17) is 0 Å². The normalized spacial score (nSPS) is 16.7. The predicted molar refractivity (Wildman–Crippen MR) is 36.0 cm³/mol. The van der Waals surface area contributed by atoms with Crippen LogP contribution in [0.25, 0.3) is 0 Å². The van der Waals surface area contributed by atoms with Crippen molar-refractivity contribution in [2.24, 2.45) is 0 Å². The highest BCUT2D eigenvalue weighted by molar-refractivity contribution is 6.30. The quantitative estimate of drug-likeness (QED) is 0.642. The van der Waals surface area contributed by atoms with Crippen LogP contribution < -0.4 is 0 Å². The molecule has 0 fully saturated rings. The standard InChI is InChI=1S/C6ClF11/c7-1(4(11,12)13)2(8)3(9,10)5(14,15)6(16,17)18. The van der Waals surface area contributed by atoms with Gasteiger partial charge in [-0.15, -0.1) is 0 Å². The molecule has 18 heavy (non-hydrogen) atoms. The van der Waals surface area contributed by atoms with Crippen molar-refractivity contribution in [1.82, 2.24) is 0 Å². The maximum Gasteiger partial charge on any atom is 0.460 e. The van der Waals surface area contributed by atoms with Gasteiger partial charge in [-0.2, -0.15) is 43.9 Å². The van der Waals surface area contributed by atoms with Gasteiger partial charge in [0.05, 0.1) is 0 Å². The van der Waals surface area contributed by atoms with Crippen molar-refractivity contribution in [2.45, 2.75) is 24.2 Å². The van der Waals surface area contributed by atoms with Gasteiger partial charge in [0.15, 0.2) is 10.9 Å². The number of hydrogen-bond donors (Lipinski definition) is 0. The highest BCUT2D eigenvalue weighted by Crippen LogP contribution is 2.52. The summed E-state index contributed by atoms with van der Waals surface area (Å²) in [5.41, 5.74) is 0. The topological polar surface area (TPSA) is 0 Å². The van der Waals surface area contributed by atoms with Gasteiger partial charge in [-0.25, -0.2) is 4.39 Å². The molecule has 0 aromatic heterocycles. The average Bonchev–Trinajstić information content (AvgIpc) is 2.11. The molecule has 0 amide bonds. The van der Waals surface area contributed by atoms with Crippen LogP contribution in [-0.4, -0.2) is 24.2 Å². The molecule has 0 aliphatic carbocycles. The lowest BCUT2D eigenvalue weighted by molar-refractivity contribution is -0.348. The molecule has 0 radical (unpaired) electrons. The van der Waals surface area contributed by atoms with Crippen LogP contribution in [0.2, 0.25) is 0 Å². The summed E-state index contributed by atoms with van der Waals surface area (Å²) in [5.74, 6) is -17.9. The van der Waals surface area contributed by atoms with E-state index in [9.17, 15) is 48.3 Å². The number of allylic oxidation sites excluding steroid dienone is 2. The lowest BCUT2D eigenvalue weighted by atomic mass is 10.1. The molecule has 0 aliphatic rings. The minimum Gasteiger partial charge on any atom is -0.203 e. The van der Waals surface area contributed by atoms with Gasteiger partial charge in [-0.3, -0.25) is 0 Å². The van der Waals surface area contributed by atoms with Crippen molar-refractivity contribution >= 4 is 11.6 Å². The Labute approximate surface area is 96.0 Å². The number of halogens is 12. The Morgan fingerprint density at radius 1 is 0.722 bits per heavy atom. The van der Waals surface area contributed by atoms with E-state index in [-0.39, 0.29) is 0 Å². The molecule has 0 aliphatic heterocycles. The summed E-state index contributed by atoms with van der Waals surface area (Å²) in [6, 6.07) is 0. The summed E-state index contributed by atoms with van der Waals surface area (Å²) in [6.07, 6.45) is -13.0. The molecule has 0 saturated carbocycles. The van der Waals surface area contributed by atoms with Gasteiger partial charge in [-0.05, 0) is 0 Å². The van der Waals surface area contributed by atoms with E-state index in [2.05, 4.69) is 11.6 Å². The second kappa shape index (κ2) is 4.42. The van der Waals surface area contributed by atoms with Gasteiger partial charge in [0.2, 0.25) is 0 Å². The number of rotatable bonds is 2. The van der Waals surface area contributed by atoms with Crippen LogP contribution in [0.5, 0.6) is 0 Å². The van der Waals surface area contributed by atoms with E-state index >= 15 is 0 Å². The molecule has 0 N–H and O–H groups in total. The summed E-state index contributed by atoms with van der Waals surface area (Å²) in [4.78, 5) is 0. The molecule has 0 rings (SSSR count). The zero-order valence-electron chi connectivity index (χ0n) is 7.54. The molecule has 0 unspecified atom stereocenters. The Morgan fingerprint density at radius 2 is 1.06 bits per heavy atom. The molecule has 0 aromatic carbocycles. The second-order valence-corrected chi connectivity index (χ2v) is 3.15. The maximum atomic E-state index is 12.4. The van der Waals surface area contributed by atoms with E-state index < -0.39 is 35.1 Å². The second-order valence-electron chi connectivity index (χ2n) is 2.77. The van der Waals surface area contributed by atoms with Crippen LogP contribution >= 0.6 is 11.6 Å². The Bertz CT molecular complexity index is 346.